The van der Waals surface area contributed by atoms with Crippen molar-refractivity contribution in [2.45, 2.75) is 37.5 Å². The SMILES string of the molecule is NC(CCN1CC2CCC(C1)O2)c1ccc(Br)cc1Cl. The number of nitrogens with two attached hydrogens (primary N) is 1. The van der Waals surface area contributed by atoms with E-state index in [0.717, 1.165) is 41.1 Å². The molecular formula is C15H20BrClN2O. The number of nitrogens with zero attached hydrogens (tertiary/aromatic N) is 1. The Hall–Kier alpha value is -0.130. The van der Waals surface area contributed by atoms with Gasteiger partial charge < -0.3 is 10.5 Å². The topological polar surface area (TPSA) is 38.5 Å². The van der Waals surface area contributed by atoms with Crippen molar-refractivity contribution in [3.05, 3.63) is 33.3 Å². The first-order valence-electron chi connectivity index (χ1n) is 7.20. The first kappa shape index (κ1) is 14.8. The number of halogens is 2. The van der Waals surface area contributed by atoms with Crippen LogP contribution in [0.15, 0.2) is 22.7 Å². The zero-order chi connectivity index (χ0) is 14.1. The molecule has 2 aliphatic rings. The monoisotopic (exact) mass is 358 g/mol. The summed E-state index contributed by atoms with van der Waals surface area (Å²) >= 11 is 9.68. The molecule has 3 atom stereocenters. The molecular weight excluding hydrogens is 340 g/mol. The van der Waals surface area contributed by atoms with Gasteiger partial charge in [0, 0.05) is 35.2 Å². The average molecular weight is 360 g/mol. The first-order chi connectivity index (χ1) is 9.61. The third-order valence-corrected chi connectivity index (χ3v) is 5.06. The fourth-order valence-electron chi connectivity index (χ4n) is 3.16. The van der Waals surface area contributed by atoms with Gasteiger partial charge in [-0.1, -0.05) is 33.6 Å². The van der Waals surface area contributed by atoms with Crippen LogP contribution < -0.4 is 5.73 Å². The standard InChI is InChI=1S/C15H20BrClN2O/c16-10-1-4-13(14(17)7-10)15(18)5-6-19-8-11-2-3-12(9-19)20-11/h1,4,7,11-12,15H,2-3,5-6,8-9,18H2. The number of morpholine rings is 1. The number of hydrogen-bond donors (Lipinski definition) is 1. The molecule has 3 unspecified atom stereocenters. The summed E-state index contributed by atoms with van der Waals surface area (Å²) in [6, 6.07) is 5.91. The highest BCUT2D eigenvalue weighted by atomic mass is 79.9. The molecule has 0 aliphatic carbocycles. The summed E-state index contributed by atoms with van der Waals surface area (Å²) in [5, 5.41) is 0.744. The molecule has 20 heavy (non-hydrogen) atoms. The summed E-state index contributed by atoms with van der Waals surface area (Å²) in [6.07, 6.45) is 4.25. The van der Waals surface area contributed by atoms with E-state index in [4.69, 9.17) is 22.1 Å². The molecule has 0 saturated carbocycles. The third kappa shape index (κ3) is 3.37. The van der Waals surface area contributed by atoms with Crippen LogP contribution in [-0.4, -0.2) is 36.7 Å². The Labute approximate surface area is 133 Å². The second kappa shape index (κ2) is 6.32. The molecule has 110 valence electrons. The summed E-state index contributed by atoms with van der Waals surface area (Å²) < 4.78 is 6.84. The summed E-state index contributed by atoms with van der Waals surface area (Å²) in [4.78, 5) is 2.48. The lowest BCUT2D eigenvalue weighted by molar-refractivity contribution is -0.0388. The first-order valence-corrected chi connectivity index (χ1v) is 8.37. The number of hydrogen-bond acceptors (Lipinski definition) is 3. The van der Waals surface area contributed by atoms with Crippen LogP contribution in [0.3, 0.4) is 0 Å². The van der Waals surface area contributed by atoms with Gasteiger partial charge in [-0.2, -0.15) is 0 Å². The van der Waals surface area contributed by atoms with E-state index in [0.29, 0.717) is 12.2 Å². The second-order valence-corrected chi connectivity index (χ2v) is 7.10. The van der Waals surface area contributed by atoms with Crippen LogP contribution in [0.5, 0.6) is 0 Å². The predicted molar refractivity (Wildman–Crippen MR) is 85.0 cm³/mol. The van der Waals surface area contributed by atoms with Crippen LogP contribution in [0.1, 0.15) is 30.9 Å². The van der Waals surface area contributed by atoms with Gasteiger partial charge in [-0.3, -0.25) is 4.90 Å². The molecule has 2 bridgehead atoms. The van der Waals surface area contributed by atoms with Crippen molar-refractivity contribution in [3.8, 4) is 0 Å². The van der Waals surface area contributed by atoms with Crippen LogP contribution in [-0.2, 0) is 4.74 Å². The van der Waals surface area contributed by atoms with E-state index in [1.165, 1.54) is 12.8 Å². The quantitative estimate of drug-likeness (QED) is 0.896. The van der Waals surface area contributed by atoms with Crippen LogP contribution >= 0.6 is 27.5 Å². The molecule has 0 spiro atoms. The summed E-state index contributed by atoms with van der Waals surface area (Å²) in [5.74, 6) is 0. The molecule has 1 aromatic carbocycles. The third-order valence-electron chi connectivity index (χ3n) is 4.24. The molecule has 0 radical (unpaired) electrons. The molecule has 2 heterocycles. The highest BCUT2D eigenvalue weighted by molar-refractivity contribution is 9.10. The maximum atomic E-state index is 6.29. The normalized spacial score (nSPS) is 27.8. The summed E-state index contributed by atoms with van der Waals surface area (Å²) in [5.41, 5.74) is 7.32. The molecule has 2 fully saturated rings. The summed E-state index contributed by atoms with van der Waals surface area (Å²) in [6.45, 7) is 3.12. The van der Waals surface area contributed by atoms with Crippen molar-refractivity contribution >= 4 is 27.5 Å². The Balaban J connectivity index is 1.55. The Morgan fingerprint density at radius 3 is 2.70 bits per heavy atom. The Bertz CT molecular complexity index is 473. The highest BCUT2D eigenvalue weighted by Gasteiger charge is 2.33. The molecule has 0 amide bonds. The molecule has 2 saturated heterocycles. The molecule has 2 N–H and O–H groups in total. The lowest BCUT2D eigenvalue weighted by Crippen LogP contribution is -2.43. The van der Waals surface area contributed by atoms with E-state index < -0.39 is 0 Å². The lowest BCUT2D eigenvalue weighted by atomic mass is 10.0. The smallest absolute Gasteiger partial charge is 0.0707 e. The van der Waals surface area contributed by atoms with Gasteiger partial charge in [0.25, 0.3) is 0 Å². The zero-order valence-corrected chi connectivity index (χ0v) is 13.7. The number of rotatable bonds is 4. The van der Waals surface area contributed by atoms with E-state index in [9.17, 15) is 0 Å². The van der Waals surface area contributed by atoms with Gasteiger partial charge >= 0.3 is 0 Å². The Kier molecular flexibility index (Phi) is 4.68. The van der Waals surface area contributed by atoms with E-state index in [1.807, 2.05) is 18.2 Å². The number of fused-ring (bicyclic) bond motifs is 2. The van der Waals surface area contributed by atoms with E-state index in [-0.39, 0.29) is 6.04 Å². The molecule has 3 nitrogen and oxygen atoms in total. The van der Waals surface area contributed by atoms with Gasteiger partial charge in [0.05, 0.1) is 12.2 Å². The number of benzene rings is 1. The van der Waals surface area contributed by atoms with Crippen molar-refractivity contribution in [1.82, 2.24) is 4.90 Å². The molecule has 2 aliphatic heterocycles. The largest absolute Gasteiger partial charge is 0.372 e. The number of ether oxygens (including phenoxy) is 1. The van der Waals surface area contributed by atoms with Crippen molar-refractivity contribution in [2.24, 2.45) is 5.73 Å². The van der Waals surface area contributed by atoms with Crippen LogP contribution in [0, 0.1) is 0 Å². The van der Waals surface area contributed by atoms with Gasteiger partial charge in [0.15, 0.2) is 0 Å². The predicted octanol–water partition coefficient (Wildman–Crippen LogP) is 3.36. The number of likely N-dealkylation sites (tertiary alicyclic amines) is 1. The minimum Gasteiger partial charge on any atom is -0.372 e. The zero-order valence-electron chi connectivity index (χ0n) is 11.4. The minimum absolute atomic E-state index is 0.00361. The molecule has 3 rings (SSSR count). The van der Waals surface area contributed by atoms with E-state index in [2.05, 4.69) is 20.8 Å². The van der Waals surface area contributed by atoms with Crippen molar-refractivity contribution in [3.63, 3.8) is 0 Å². The van der Waals surface area contributed by atoms with Gasteiger partial charge in [0.1, 0.15) is 0 Å². The Morgan fingerprint density at radius 1 is 1.35 bits per heavy atom. The lowest BCUT2D eigenvalue weighted by Gasteiger charge is -2.32. The maximum absolute atomic E-state index is 6.29. The average Bonchev–Trinajstić information content (AvgIpc) is 2.75. The van der Waals surface area contributed by atoms with Crippen molar-refractivity contribution in [2.75, 3.05) is 19.6 Å². The van der Waals surface area contributed by atoms with Gasteiger partial charge in [-0.25, -0.2) is 0 Å². The fraction of sp³-hybridized carbons (Fsp3) is 0.600. The fourth-order valence-corrected chi connectivity index (χ4v) is 3.97. The van der Waals surface area contributed by atoms with Gasteiger partial charge in [-0.05, 0) is 37.0 Å². The highest BCUT2D eigenvalue weighted by Crippen LogP contribution is 2.29. The van der Waals surface area contributed by atoms with Gasteiger partial charge in [-0.15, -0.1) is 0 Å². The molecule has 0 aromatic heterocycles. The van der Waals surface area contributed by atoms with Crippen LogP contribution in [0.4, 0.5) is 0 Å². The molecule has 1 aromatic rings. The van der Waals surface area contributed by atoms with E-state index in [1.54, 1.807) is 0 Å². The second-order valence-electron chi connectivity index (χ2n) is 5.78. The van der Waals surface area contributed by atoms with E-state index >= 15 is 0 Å². The minimum atomic E-state index is -0.00361. The van der Waals surface area contributed by atoms with Crippen molar-refractivity contribution < 1.29 is 4.74 Å². The molecule has 5 heteroatoms. The maximum Gasteiger partial charge on any atom is 0.0707 e. The van der Waals surface area contributed by atoms with Crippen LogP contribution in [0.25, 0.3) is 0 Å². The summed E-state index contributed by atoms with van der Waals surface area (Å²) in [7, 11) is 0. The Morgan fingerprint density at radius 2 is 2.05 bits per heavy atom. The van der Waals surface area contributed by atoms with Crippen LogP contribution in [0.2, 0.25) is 5.02 Å². The van der Waals surface area contributed by atoms with Gasteiger partial charge in [0.2, 0.25) is 0 Å². The van der Waals surface area contributed by atoms with Crippen molar-refractivity contribution in [1.29, 1.82) is 0 Å².